The lowest BCUT2D eigenvalue weighted by Crippen LogP contribution is -2.75. The summed E-state index contributed by atoms with van der Waals surface area (Å²) in [6, 6.07) is 0.820. The van der Waals surface area contributed by atoms with Crippen molar-refractivity contribution in [3.05, 3.63) is 0 Å². The van der Waals surface area contributed by atoms with Crippen molar-refractivity contribution in [2.24, 2.45) is 11.8 Å². The molecular formula is C12H21N. The molecule has 0 radical (unpaired) electrons. The first-order chi connectivity index (χ1) is 6.33. The summed E-state index contributed by atoms with van der Waals surface area (Å²) in [7, 11) is 0. The predicted molar refractivity (Wildman–Crippen MR) is 54.6 cm³/mol. The molecule has 1 heteroatoms. The van der Waals surface area contributed by atoms with Crippen molar-refractivity contribution >= 4 is 0 Å². The van der Waals surface area contributed by atoms with Gasteiger partial charge in [-0.2, -0.15) is 0 Å². The van der Waals surface area contributed by atoms with E-state index < -0.39 is 0 Å². The lowest BCUT2D eigenvalue weighted by atomic mass is 9.53. The molecule has 2 aliphatic carbocycles. The summed E-state index contributed by atoms with van der Waals surface area (Å²) in [6.07, 6.45) is 10.5. The Morgan fingerprint density at radius 1 is 1.08 bits per heavy atom. The zero-order chi connectivity index (χ0) is 8.89. The molecule has 1 N–H and O–H groups in total. The van der Waals surface area contributed by atoms with Crippen molar-refractivity contribution in [3.8, 4) is 0 Å². The van der Waals surface area contributed by atoms with Gasteiger partial charge in [0, 0.05) is 11.6 Å². The third kappa shape index (κ3) is 0.971. The first-order valence-electron chi connectivity index (χ1n) is 6.11. The van der Waals surface area contributed by atoms with Gasteiger partial charge in [0.2, 0.25) is 0 Å². The molecule has 0 aromatic heterocycles. The smallest absolute Gasteiger partial charge is 0.0255 e. The molecule has 1 nitrogen and oxygen atoms in total. The average molecular weight is 179 g/mol. The average Bonchev–Trinajstić information content (AvgIpc) is 2.15. The second-order valence-electron chi connectivity index (χ2n) is 5.45. The molecular weight excluding hydrogens is 158 g/mol. The fourth-order valence-electron chi connectivity index (χ4n) is 4.42. The van der Waals surface area contributed by atoms with E-state index >= 15 is 0 Å². The fourth-order valence-corrected chi connectivity index (χ4v) is 4.42. The van der Waals surface area contributed by atoms with E-state index in [0.29, 0.717) is 5.54 Å². The maximum atomic E-state index is 3.86. The molecule has 1 saturated heterocycles. The molecule has 0 aromatic rings. The molecule has 1 heterocycles. The number of hydrogen-bond donors (Lipinski definition) is 1. The van der Waals surface area contributed by atoms with Gasteiger partial charge in [0.1, 0.15) is 0 Å². The molecule has 3 aliphatic rings. The molecule has 3 rings (SSSR count). The third-order valence-corrected chi connectivity index (χ3v) is 4.95. The largest absolute Gasteiger partial charge is 0.308 e. The summed E-state index contributed by atoms with van der Waals surface area (Å²) in [5.41, 5.74) is 0.635. The Balaban J connectivity index is 1.85. The highest BCUT2D eigenvalue weighted by Gasteiger charge is 2.57. The summed E-state index contributed by atoms with van der Waals surface area (Å²) < 4.78 is 0. The number of rotatable bonds is 0. The minimum Gasteiger partial charge on any atom is -0.308 e. The van der Waals surface area contributed by atoms with E-state index in [2.05, 4.69) is 12.2 Å². The van der Waals surface area contributed by atoms with E-state index in [1.54, 1.807) is 0 Å². The summed E-state index contributed by atoms with van der Waals surface area (Å²) >= 11 is 0. The molecule has 0 bridgehead atoms. The second-order valence-corrected chi connectivity index (χ2v) is 5.45. The Morgan fingerprint density at radius 2 is 1.92 bits per heavy atom. The van der Waals surface area contributed by atoms with Crippen LogP contribution in [0.4, 0.5) is 0 Å². The van der Waals surface area contributed by atoms with Gasteiger partial charge >= 0.3 is 0 Å². The first kappa shape index (κ1) is 8.28. The Morgan fingerprint density at radius 3 is 2.77 bits per heavy atom. The van der Waals surface area contributed by atoms with Gasteiger partial charge in [-0.05, 0) is 44.4 Å². The quantitative estimate of drug-likeness (QED) is 0.603. The van der Waals surface area contributed by atoms with E-state index in [0.717, 1.165) is 17.9 Å². The van der Waals surface area contributed by atoms with Crippen molar-refractivity contribution in [3.63, 3.8) is 0 Å². The highest BCUT2D eigenvalue weighted by molar-refractivity contribution is 5.14. The predicted octanol–water partition coefficient (Wildman–Crippen LogP) is 2.71. The molecule has 4 atom stereocenters. The SMILES string of the molecule is CC1N[C@@]23CCCCC2CCCC13. The monoisotopic (exact) mass is 179 g/mol. The van der Waals surface area contributed by atoms with Crippen LogP contribution in [0.3, 0.4) is 0 Å². The number of nitrogens with one attached hydrogen (secondary N) is 1. The second kappa shape index (κ2) is 2.73. The van der Waals surface area contributed by atoms with Crippen LogP contribution >= 0.6 is 0 Å². The molecule has 1 aliphatic heterocycles. The molecule has 2 saturated carbocycles. The normalized spacial score (nSPS) is 54.7. The molecule has 0 amide bonds. The molecule has 13 heavy (non-hydrogen) atoms. The van der Waals surface area contributed by atoms with Crippen LogP contribution in [0.2, 0.25) is 0 Å². The zero-order valence-electron chi connectivity index (χ0n) is 8.68. The van der Waals surface area contributed by atoms with Crippen LogP contribution in [0, 0.1) is 11.8 Å². The zero-order valence-corrected chi connectivity index (χ0v) is 8.68. The molecule has 3 unspecified atom stereocenters. The Kier molecular flexibility index (Phi) is 1.74. The van der Waals surface area contributed by atoms with E-state index in [1.807, 2.05) is 0 Å². The molecule has 3 fully saturated rings. The minimum absolute atomic E-state index is 0.635. The van der Waals surface area contributed by atoms with Gasteiger partial charge in [0.25, 0.3) is 0 Å². The van der Waals surface area contributed by atoms with Crippen LogP contribution in [0.1, 0.15) is 51.9 Å². The van der Waals surface area contributed by atoms with Gasteiger partial charge in [-0.25, -0.2) is 0 Å². The fraction of sp³-hybridized carbons (Fsp3) is 1.00. The van der Waals surface area contributed by atoms with Gasteiger partial charge in [-0.15, -0.1) is 0 Å². The van der Waals surface area contributed by atoms with Gasteiger partial charge < -0.3 is 5.32 Å². The molecule has 74 valence electrons. The molecule has 1 spiro atoms. The van der Waals surface area contributed by atoms with Crippen LogP contribution < -0.4 is 5.32 Å². The van der Waals surface area contributed by atoms with Crippen LogP contribution in [0.25, 0.3) is 0 Å². The van der Waals surface area contributed by atoms with Crippen LogP contribution in [0.5, 0.6) is 0 Å². The van der Waals surface area contributed by atoms with Crippen molar-refractivity contribution in [2.75, 3.05) is 0 Å². The Labute approximate surface area is 81.3 Å². The van der Waals surface area contributed by atoms with Gasteiger partial charge in [-0.3, -0.25) is 0 Å². The van der Waals surface area contributed by atoms with E-state index in [9.17, 15) is 0 Å². The van der Waals surface area contributed by atoms with Gasteiger partial charge in [0.15, 0.2) is 0 Å². The van der Waals surface area contributed by atoms with E-state index in [-0.39, 0.29) is 0 Å². The van der Waals surface area contributed by atoms with Crippen molar-refractivity contribution < 1.29 is 0 Å². The van der Waals surface area contributed by atoms with Gasteiger partial charge in [-0.1, -0.05) is 19.3 Å². The van der Waals surface area contributed by atoms with E-state index in [1.165, 1.54) is 44.9 Å². The van der Waals surface area contributed by atoms with Crippen LogP contribution in [-0.4, -0.2) is 11.6 Å². The van der Waals surface area contributed by atoms with Gasteiger partial charge in [0.05, 0.1) is 0 Å². The summed E-state index contributed by atoms with van der Waals surface area (Å²) in [4.78, 5) is 0. The standard InChI is InChI=1S/C12H21N/c1-9-11-7-4-6-10-5-2-3-8-12(10,11)13-9/h9-11,13H,2-8H2,1H3/t9?,10?,11?,12-/m0/s1. The molecule has 0 aromatic carbocycles. The lowest BCUT2D eigenvalue weighted by molar-refractivity contribution is -0.0691. The van der Waals surface area contributed by atoms with Crippen molar-refractivity contribution in [1.29, 1.82) is 0 Å². The Bertz CT molecular complexity index is 198. The first-order valence-corrected chi connectivity index (χ1v) is 6.11. The summed E-state index contributed by atoms with van der Waals surface area (Å²) in [6.45, 7) is 2.38. The Hall–Kier alpha value is -0.0400. The summed E-state index contributed by atoms with van der Waals surface area (Å²) in [5, 5.41) is 3.86. The minimum atomic E-state index is 0.635. The lowest BCUT2D eigenvalue weighted by Gasteiger charge is -2.64. The van der Waals surface area contributed by atoms with Crippen molar-refractivity contribution in [1.82, 2.24) is 5.32 Å². The maximum absolute atomic E-state index is 3.86. The highest BCUT2D eigenvalue weighted by atomic mass is 15.1. The summed E-state index contributed by atoms with van der Waals surface area (Å²) in [5.74, 6) is 2.07. The highest BCUT2D eigenvalue weighted by Crippen LogP contribution is 2.53. The topological polar surface area (TPSA) is 12.0 Å². The van der Waals surface area contributed by atoms with Crippen molar-refractivity contribution in [2.45, 2.75) is 63.5 Å². The third-order valence-electron chi connectivity index (χ3n) is 4.95. The van der Waals surface area contributed by atoms with Crippen LogP contribution in [0.15, 0.2) is 0 Å². The van der Waals surface area contributed by atoms with Crippen LogP contribution in [-0.2, 0) is 0 Å². The van der Waals surface area contributed by atoms with E-state index in [4.69, 9.17) is 0 Å². The maximum Gasteiger partial charge on any atom is 0.0255 e. The number of hydrogen-bond acceptors (Lipinski definition) is 1.